The second-order valence-corrected chi connectivity index (χ2v) is 7.25. The van der Waals surface area contributed by atoms with Gasteiger partial charge in [0.1, 0.15) is 12.2 Å². The molecular weight excluding hydrogens is 276 g/mol. The van der Waals surface area contributed by atoms with Crippen molar-refractivity contribution in [2.45, 2.75) is 49.8 Å². The van der Waals surface area contributed by atoms with Crippen LogP contribution < -0.4 is 0 Å². The summed E-state index contributed by atoms with van der Waals surface area (Å²) in [5.74, 6) is -1.86. The van der Waals surface area contributed by atoms with Crippen LogP contribution in [0.4, 0.5) is 0 Å². The van der Waals surface area contributed by atoms with E-state index in [4.69, 9.17) is 14.2 Å². The van der Waals surface area contributed by atoms with Crippen molar-refractivity contribution >= 4 is 11.9 Å². The number of epoxide rings is 1. The third-order valence-electron chi connectivity index (χ3n) is 6.60. The summed E-state index contributed by atoms with van der Waals surface area (Å²) >= 11 is 0. The SMILES string of the molecule is C=C(C)[C@@H]1[C@H]2OC(=O)[C@@H]1[C@]1(O)C[C@H]3O[C@]34C(=O)O[C@H]2[C@]14C. The molecule has 0 aromatic rings. The molecule has 0 amide bonds. The molecule has 0 aromatic carbocycles. The van der Waals surface area contributed by atoms with Gasteiger partial charge in [-0.15, -0.1) is 0 Å². The van der Waals surface area contributed by atoms with Crippen molar-refractivity contribution in [3.05, 3.63) is 12.2 Å². The lowest BCUT2D eigenvalue weighted by Gasteiger charge is -2.51. The first-order valence-electron chi connectivity index (χ1n) is 7.26. The Balaban J connectivity index is 1.78. The number of aliphatic hydroxyl groups is 1. The van der Waals surface area contributed by atoms with Gasteiger partial charge in [0.15, 0.2) is 6.10 Å². The summed E-state index contributed by atoms with van der Waals surface area (Å²) < 4.78 is 16.6. The maximum absolute atomic E-state index is 12.3. The van der Waals surface area contributed by atoms with E-state index in [1.165, 1.54) is 0 Å². The summed E-state index contributed by atoms with van der Waals surface area (Å²) in [5.41, 5.74) is -2.60. The molecule has 0 radical (unpaired) electrons. The zero-order chi connectivity index (χ0) is 14.9. The van der Waals surface area contributed by atoms with Crippen LogP contribution in [0.3, 0.4) is 0 Å². The van der Waals surface area contributed by atoms with Crippen LogP contribution in [0, 0.1) is 17.3 Å². The van der Waals surface area contributed by atoms with Crippen LogP contribution in [0.5, 0.6) is 0 Å². The molecule has 6 heteroatoms. The molecule has 5 aliphatic rings. The Morgan fingerprint density at radius 2 is 2.10 bits per heavy atom. The Bertz CT molecular complexity index is 642. The second-order valence-electron chi connectivity index (χ2n) is 7.25. The van der Waals surface area contributed by atoms with Crippen LogP contribution in [0.15, 0.2) is 12.2 Å². The highest BCUT2D eigenvalue weighted by molar-refractivity contribution is 5.91. The Kier molecular flexibility index (Phi) is 1.68. The Morgan fingerprint density at radius 1 is 1.38 bits per heavy atom. The van der Waals surface area contributed by atoms with Gasteiger partial charge in [0.25, 0.3) is 0 Å². The molecule has 112 valence electrons. The first-order valence-corrected chi connectivity index (χ1v) is 7.26. The molecule has 2 saturated carbocycles. The molecule has 2 bridgehead atoms. The molecule has 2 aliphatic carbocycles. The van der Waals surface area contributed by atoms with Gasteiger partial charge in [0.05, 0.1) is 16.9 Å². The number of esters is 2. The Hall–Kier alpha value is -1.40. The Morgan fingerprint density at radius 3 is 2.76 bits per heavy atom. The second kappa shape index (κ2) is 2.90. The van der Waals surface area contributed by atoms with Crippen molar-refractivity contribution in [2.24, 2.45) is 17.3 Å². The maximum atomic E-state index is 12.3. The number of ether oxygens (including phenoxy) is 3. The molecule has 0 unspecified atom stereocenters. The normalized spacial score (nSPS) is 62.0. The molecule has 1 N–H and O–H groups in total. The lowest BCUT2D eigenvalue weighted by Crippen LogP contribution is -2.66. The van der Waals surface area contributed by atoms with Crippen molar-refractivity contribution in [1.82, 2.24) is 0 Å². The molecule has 5 rings (SSSR count). The molecule has 1 spiro atoms. The van der Waals surface area contributed by atoms with E-state index in [-0.39, 0.29) is 18.4 Å². The van der Waals surface area contributed by atoms with Gasteiger partial charge in [0.2, 0.25) is 5.60 Å². The summed E-state index contributed by atoms with van der Waals surface area (Å²) in [6.45, 7) is 7.55. The van der Waals surface area contributed by atoms with Crippen LogP contribution in [-0.2, 0) is 23.8 Å². The highest BCUT2D eigenvalue weighted by Crippen LogP contribution is 2.76. The van der Waals surface area contributed by atoms with Gasteiger partial charge in [-0.2, -0.15) is 0 Å². The highest BCUT2D eigenvalue weighted by atomic mass is 16.7. The van der Waals surface area contributed by atoms with Gasteiger partial charge in [-0.05, 0) is 13.8 Å². The third kappa shape index (κ3) is 0.874. The molecule has 3 heterocycles. The fraction of sp³-hybridized carbons (Fsp3) is 0.733. The molecule has 6 nitrogen and oxygen atoms in total. The van der Waals surface area contributed by atoms with Gasteiger partial charge < -0.3 is 19.3 Å². The van der Waals surface area contributed by atoms with Crippen LogP contribution >= 0.6 is 0 Å². The monoisotopic (exact) mass is 292 g/mol. The summed E-state index contributed by atoms with van der Waals surface area (Å²) in [5, 5.41) is 11.4. The van der Waals surface area contributed by atoms with E-state index in [0.29, 0.717) is 0 Å². The van der Waals surface area contributed by atoms with Crippen molar-refractivity contribution in [3.8, 4) is 0 Å². The lowest BCUT2D eigenvalue weighted by molar-refractivity contribution is -0.195. The number of carbonyl (C=O) groups is 2. The van der Waals surface area contributed by atoms with Crippen LogP contribution in [0.1, 0.15) is 20.3 Å². The molecule has 3 aliphatic heterocycles. The fourth-order valence-electron chi connectivity index (χ4n) is 5.59. The summed E-state index contributed by atoms with van der Waals surface area (Å²) in [6, 6.07) is 0. The first kappa shape index (κ1) is 12.2. The van der Waals surface area contributed by atoms with Crippen LogP contribution in [0.25, 0.3) is 0 Å². The van der Waals surface area contributed by atoms with E-state index < -0.39 is 46.7 Å². The summed E-state index contributed by atoms with van der Waals surface area (Å²) in [7, 11) is 0. The smallest absolute Gasteiger partial charge is 0.342 e. The van der Waals surface area contributed by atoms with E-state index in [1.54, 1.807) is 6.92 Å². The average Bonchev–Trinajstić information content (AvgIpc) is 2.86. The zero-order valence-electron chi connectivity index (χ0n) is 11.8. The van der Waals surface area contributed by atoms with E-state index in [2.05, 4.69) is 6.58 Å². The van der Waals surface area contributed by atoms with Crippen LogP contribution in [0.2, 0.25) is 0 Å². The van der Waals surface area contributed by atoms with Crippen LogP contribution in [-0.4, -0.2) is 46.6 Å². The van der Waals surface area contributed by atoms with Crippen molar-refractivity contribution in [3.63, 3.8) is 0 Å². The minimum atomic E-state index is -1.35. The van der Waals surface area contributed by atoms with Crippen molar-refractivity contribution in [1.29, 1.82) is 0 Å². The number of hydrogen-bond acceptors (Lipinski definition) is 6. The van der Waals surface area contributed by atoms with Gasteiger partial charge in [-0.25, -0.2) is 4.79 Å². The minimum absolute atomic E-state index is 0.269. The van der Waals surface area contributed by atoms with Crippen molar-refractivity contribution in [2.75, 3.05) is 0 Å². The predicted octanol–water partition coefficient (Wildman–Crippen LogP) is -0.0620. The zero-order valence-corrected chi connectivity index (χ0v) is 11.8. The molecule has 0 aromatic heterocycles. The number of carbonyl (C=O) groups excluding carboxylic acids is 2. The number of fused-ring (bicyclic) bond motifs is 4. The van der Waals surface area contributed by atoms with E-state index >= 15 is 0 Å². The standard InChI is InChI=1S/C15H16O6/c1-5(2)7-8-11(16)19-9(7)10-13(3)14(8,18)4-6-15(13,21-6)12(17)20-10/h6-10,18H,1,4H2,2-3H3/t6-,7+,8-,9-,10-,13-,14-,15+/m1/s1. The maximum Gasteiger partial charge on any atom is 0.342 e. The third-order valence-corrected chi connectivity index (χ3v) is 6.60. The van der Waals surface area contributed by atoms with Gasteiger partial charge in [-0.1, -0.05) is 12.2 Å². The molecule has 21 heavy (non-hydrogen) atoms. The topological polar surface area (TPSA) is 85.4 Å². The molecule has 5 fully saturated rings. The van der Waals surface area contributed by atoms with E-state index in [0.717, 1.165) is 5.57 Å². The first-order chi connectivity index (χ1) is 9.79. The minimum Gasteiger partial charge on any atom is -0.457 e. The molecular formula is C15H16O6. The molecule has 8 atom stereocenters. The van der Waals surface area contributed by atoms with Gasteiger partial charge in [-0.3, -0.25) is 4.79 Å². The quantitative estimate of drug-likeness (QED) is 0.414. The van der Waals surface area contributed by atoms with Gasteiger partial charge >= 0.3 is 11.9 Å². The van der Waals surface area contributed by atoms with Crippen molar-refractivity contribution < 1.29 is 28.9 Å². The summed E-state index contributed by atoms with van der Waals surface area (Å²) in [6.07, 6.45) is -1.34. The average molecular weight is 292 g/mol. The Labute approximate surface area is 121 Å². The lowest BCUT2D eigenvalue weighted by atomic mass is 9.53. The van der Waals surface area contributed by atoms with E-state index in [9.17, 15) is 14.7 Å². The fourth-order valence-corrected chi connectivity index (χ4v) is 5.59. The number of hydrogen-bond donors (Lipinski definition) is 1. The largest absolute Gasteiger partial charge is 0.457 e. The summed E-state index contributed by atoms with van der Waals surface area (Å²) in [4.78, 5) is 24.7. The van der Waals surface area contributed by atoms with E-state index in [1.807, 2.05) is 6.92 Å². The highest BCUT2D eigenvalue weighted by Gasteiger charge is 2.95. The predicted molar refractivity (Wildman–Crippen MR) is 66.8 cm³/mol. The molecule has 3 saturated heterocycles. The number of rotatable bonds is 1. The van der Waals surface area contributed by atoms with Gasteiger partial charge in [0, 0.05) is 12.3 Å².